The Morgan fingerprint density at radius 3 is 2.58 bits per heavy atom. The summed E-state index contributed by atoms with van der Waals surface area (Å²) in [6, 6.07) is 6.45. The molecule has 1 saturated heterocycles. The Hall–Kier alpha value is -3.95. The zero-order valence-electron chi connectivity index (χ0n) is 20.8. The molecule has 0 atom stereocenters. The summed E-state index contributed by atoms with van der Waals surface area (Å²) < 4.78 is 7.63. The second-order valence-corrected chi connectivity index (χ2v) is 10.0. The summed E-state index contributed by atoms with van der Waals surface area (Å²) in [5.41, 5.74) is 1.24. The highest BCUT2D eigenvalue weighted by Gasteiger charge is 2.48. The average Bonchev–Trinajstić information content (AvgIpc) is 3.40. The van der Waals surface area contributed by atoms with Crippen LogP contribution in [0, 0.1) is 0 Å². The number of anilines is 1. The maximum absolute atomic E-state index is 13.2. The molecule has 2 aliphatic rings. The number of aromatic nitrogens is 4. The van der Waals surface area contributed by atoms with Crippen LogP contribution in [0.2, 0.25) is 0 Å². The van der Waals surface area contributed by atoms with Gasteiger partial charge in [0.2, 0.25) is 0 Å². The van der Waals surface area contributed by atoms with E-state index in [4.69, 9.17) is 4.74 Å². The van der Waals surface area contributed by atoms with E-state index < -0.39 is 11.6 Å². The molecule has 0 bridgehead atoms. The normalized spacial score (nSPS) is 17.9. The van der Waals surface area contributed by atoms with Crippen molar-refractivity contribution in [3.05, 3.63) is 49.1 Å². The van der Waals surface area contributed by atoms with Crippen LogP contribution in [-0.4, -0.2) is 59.7 Å². The number of rotatable bonds is 5. The van der Waals surface area contributed by atoms with E-state index in [2.05, 4.69) is 20.4 Å². The van der Waals surface area contributed by atoms with Crippen molar-refractivity contribution < 1.29 is 14.3 Å². The van der Waals surface area contributed by atoms with Crippen molar-refractivity contribution in [3.8, 4) is 22.8 Å². The van der Waals surface area contributed by atoms with Crippen LogP contribution in [0.15, 0.2) is 49.1 Å². The van der Waals surface area contributed by atoms with Gasteiger partial charge in [-0.25, -0.2) is 19.5 Å². The summed E-state index contributed by atoms with van der Waals surface area (Å²) >= 11 is 0. The van der Waals surface area contributed by atoms with E-state index in [1.54, 1.807) is 35.3 Å². The van der Waals surface area contributed by atoms with Crippen molar-refractivity contribution in [2.75, 3.05) is 11.9 Å². The Morgan fingerprint density at radius 2 is 1.89 bits per heavy atom. The van der Waals surface area contributed by atoms with Crippen molar-refractivity contribution in [1.29, 1.82) is 0 Å². The lowest BCUT2D eigenvalue weighted by atomic mass is 9.91. The van der Waals surface area contributed by atoms with E-state index in [0.29, 0.717) is 23.9 Å². The van der Waals surface area contributed by atoms with Crippen molar-refractivity contribution in [3.63, 3.8) is 0 Å². The number of amides is 4. The van der Waals surface area contributed by atoms with E-state index in [1.807, 2.05) is 38.1 Å². The first-order valence-electron chi connectivity index (χ1n) is 12.3. The lowest BCUT2D eigenvalue weighted by Gasteiger charge is -2.38. The number of imide groups is 1. The molecule has 0 radical (unpaired) electrons. The van der Waals surface area contributed by atoms with Crippen molar-refractivity contribution in [2.24, 2.45) is 7.05 Å². The predicted molar refractivity (Wildman–Crippen MR) is 135 cm³/mol. The van der Waals surface area contributed by atoms with Gasteiger partial charge in [0.25, 0.3) is 0 Å². The number of hydrogen-bond acceptors (Lipinski definition) is 6. The fourth-order valence-corrected chi connectivity index (χ4v) is 5.08. The van der Waals surface area contributed by atoms with E-state index in [0.717, 1.165) is 36.9 Å². The number of urea groups is 2. The number of nitrogens with zero attached hydrogens (tertiary/aromatic N) is 6. The molecule has 1 aliphatic heterocycles. The highest BCUT2D eigenvalue weighted by Crippen LogP contribution is 2.34. The van der Waals surface area contributed by atoms with Crippen LogP contribution < -0.4 is 10.1 Å². The molecule has 4 heterocycles. The van der Waals surface area contributed by atoms with Crippen molar-refractivity contribution >= 4 is 17.9 Å². The van der Waals surface area contributed by atoms with E-state index in [1.165, 1.54) is 17.5 Å². The molecule has 2 fully saturated rings. The minimum Gasteiger partial charge on any atom is -0.456 e. The maximum Gasteiger partial charge on any atom is 0.331 e. The third-order valence-electron chi connectivity index (χ3n) is 6.76. The van der Waals surface area contributed by atoms with Crippen LogP contribution in [0.3, 0.4) is 0 Å². The molecule has 3 aromatic rings. The SMILES string of the molecule is Cn1cc(-c2cc(Oc3ccc(NC(=O)N4CC(C)(C)N(C5CCCCC5)C4=O)nc3)ccn2)cn1. The first kappa shape index (κ1) is 23.8. The molecule has 10 nitrogen and oxygen atoms in total. The van der Waals surface area contributed by atoms with Crippen LogP contribution in [0.4, 0.5) is 15.4 Å². The predicted octanol–water partition coefficient (Wildman–Crippen LogP) is 5.05. The molecule has 4 amide bonds. The second kappa shape index (κ2) is 9.60. The lowest BCUT2D eigenvalue weighted by molar-refractivity contribution is 0.116. The van der Waals surface area contributed by atoms with Crippen LogP contribution in [0.5, 0.6) is 11.5 Å². The third-order valence-corrected chi connectivity index (χ3v) is 6.76. The monoisotopic (exact) mass is 489 g/mol. The molecule has 10 heteroatoms. The molecule has 1 N–H and O–H groups in total. The van der Waals surface area contributed by atoms with Crippen molar-refractivity contribution in [2.45, 2.75) is 57.5 Å². The molecular weight excluding hydrogens is 458 g/mol. The first-order chi connectivity index (χ1) is 17.3. The van der Waals surface area contributed by atoms with Gasteiger partial charge < -0.3 is 9.64 Å². The Kier molecular flexibility index (Phi) is 6.34. The number of carbonyl (C=O) groups excluding carboxylic acids is 2. The Morgan fingerprint density at radius 1 is 1.08 bits per heavy atom. The van der Waals surface area contributed by atoms with Crippen LogP contribution in [0.1, 0.15) is 46.0 Å². The molecule has 0 aromatic carbocycles. The molecule has 0 unspecified atom stereocenters. The van der Waals surface area contributed by atoms with Gasteiger partial charge in [-0.3, -0.25) is 15.0 Å². The maximum atomic E-state index is 13.2. The number of hydrogen-bond donors (Lipinski definition) is 1. The smallest absolute Gasteiger partial charge is 0.331 e. The van der Waals surface area contributed by atoms with Crippen LogP contribution in [-0.2, 0) is 7.05 Å². The van der Waals surface area contributed by atoms with Crippen LogP contribution >= 0.6 is 0 Å². The Labute approximate surface area is 210 Å². The summed E-state index contributed by atoms with van der Waals surface area (Å²) in [5.74, 6) is 1.47. The highest BCUT2D eigenvalue weighted by molar-refractivity contribution is 6.01. The number of ether oxygens (including phenoxy) is 1. The quantitative estimate of drug-likeness (QED) is 0.538. The van der Waals surface area contributed by atoms with Gasteiger partial charge in [0.05, 0.1) is 30.2 Å². The summed E-state index contributed by atoms with van der Waals surface area (Å²) in [4.78, 5) is 38.0. The summed E-state index contributed by atoms with van der Waals surface area (Å²) in [6.07, 6.45) is 12.3. The van der Waals surface area contributed by atoms with E-state index in [-0.39, 0.29) is 12.1 Å². The Bertz CT molecular complexity index is 1250. The minimum atomic E-state index is -0.470. The molecule has 3 aromatic heterocycles. The minimum absolute atomic E-state index is 0.195. The standard InChI is InChI=1S/C26H31N7O3/c1-26(2)17-32(25(35)33(26)19-7-5-4-6-8-19)24(34)30-23-10-9-21(15-28-23)36-20-11-12-27-22(13-20)18-14-29-31(3)16-18/h9-16,19H,4-8,17H2,1-3H3,(H,28,30,34). The second-order valence-electron chi connectivity index (χ2n) is 10.0. The molecule has 36 heavy (non-hydrogen) atoms. The summed E-state index contributed by atoms with van der Waals surface area (Å²) in [7, 11) is 1.85. The summed E-state index contributed by atoms with van der Waals surface area (Å²) in [6.45, 7) is 4.39. The highest BCUT2D eigenvalue weighted by atomic mass is 16.5. The molecular formula is C26H31N7O3. The third kappa shape index (κ3) is 4.89. The van der Waals surface area contributed by atoms with Gasteiger partial charge in [0.15, 0.2) is 0 Å². The zero-order valence-corrected chi connectivity index (χ0v) is 20.8. The van der Waals surface area contributed by atoms with Crippen LogP contribution in [0.25, 0.3) is 11.3 Å². The summed E-state index contributed by atoms with van der Waals surface area (Å²) in [5, 5.41) is 6.93. The fraction of sp³-hybridized carbons (Fsp3) is 0.423. The molecule has 5 rings (SSSR count). The number of pyridine rings is 2. The van der Waals surface area contributed by atoms with E-state index in [9.17, 15) is 9.59 Å². The van der Waals surface area contributed by atoms with E-state index >= 15 is 0 Å². The average molecular weight is 490 g/mol. The number of aryl methyl sites for hydroxylation is 1. The molecule has 0 spiro atoms. The van der Waals surface area contributed by atoms with Crippen molar-refractivity contribution in [1.82, 2.24) is 29.5 Å². The van der Waals surface area contributed by atoms with Gasteiger partial charge in [-0.15, -0.1) is 0 Å². The number of carbonyl (C=O) groups is 2. The fourth-order valence-electron chi connectivity index (χ4n) is 5.08. The molecule has 188 valence electrons. The Balaban J connectivity index is 1.22. The van der Waals surface area contributed by atoms with Gasteiger partial charge in [-0.05, 0) is 44.9 Å². The van der Waals surface area contributed by atoms with Gasteiger partial charge in [0, 0.05) is 37.1 Å². The molecule has 1 saturated carbocycles. The van der Waals surface area contributed by atoms with Gasteiger partial charge in [0.1, 0.15) is 17.3 Å². The van der Waals surface area contributed by atoms with Gasteiger partial charge in [-0.1, -0.05) is 19.3 Å². The van der Waals surface area contributed by atoms with Gasteiger partial charge >= 0.3 is 12.1 Å². The molecule has 1 aliphatic carbocycles. The topological polar surface area (TPSA) is 105 Å². The lowest BCUT2D eigenvalue weighted by Crippen LogP contribution is -2.49. The number of nitrogens with one attached hydrogen (secondary N) is 1. The largest absolute Gasteiger partial charge is 0.456 e. The first-order valence-corrected chi connectivity index (χ1v) is 12.3. The zero-order chi connectivity index (χ0) is 25.3. The van der Waals surface area contributed by atoms with Gasteiger partial charge in [-0.2, -0.15) is 5.10 Å².